The van der Waals surface area contributed by atoms with Crippen LogP contribution in [0.25, 0.3) is 22.2 Å². The van der Waals surface area contributed by atoms with Crippen LogP contribution in [0, 0.1) is 6.07 Å². The second-order valence-corrected chi connectivity index (χ2v) is 12.1. The van der Waals surface area contributed by atoms with Crippen LogP contribution in [0.15, 0.2) is 85.1 Å². The minimum Gasteiger partial charge on any atom is -0.506 e. The number of nitrogens with zero attached hydrogens (tertiary/aromatic N) is 4. The number of fused-ring (bicyclic) bond motifs is 3. The van der Waals surface area contributed by atoms with Crippen LogP contribution >= 0.6 is 0 Å². The molecule has 0 atom stereocenters. The van der Waals surface area contributed by atoms with Gasteiger partial charge in [0.15, 0.2) is 0 Å². The van der Waals surface area contributed by atoms with Gasteiger partial charge in [-0.15, -0.1) is 23.8 Å². The number of pyridine rings is 2. The van der Waals surface area contributed by atoms with Crippen LogP contribution in [0.5, 0.6) is 5.75 Å². The summed E-state index contributed by atoms with van der Waals surface area (Å²) < 4.78 is 0. The number of phenols is 1. The number of rotatable bonds is 2. The summed E-state index contributed by atoms with van der Waals surface area (Å²) in [5.74, 6) is 1.02. The van der Waals surface area contributed by atoms with Crippen LogP contribution in [0.1, 0.15) is 47.1 Å². The van der Waals surface area contributed by atoms with E-state index in [1.165, 1.54) is 5.56 Å². The summed E-state index contributed by atoms with van der Waals surface area (Å²) in [6, 6.07) is 30.1. The molecule has 5 aromatic rings. The Morgan fingerprint density at radius 1 is 0.775 bits per heavy atom. The minimum absolute atomic E-state index is 0. The molecule has 0 unspecified atom stereocenters. The Hall–Kier alpha value is -3.69. The molecule has 5 nitrogen and oxygen atoms in total. The average Bonchev–Trinajstić information content (AvgIpc) is 2.90. The van der Waals surface area contributed by atoms with Crippen LogP contribution in [-0.2, 0) is 26.5 Å². The zero-order valence-electron chi connectivity index (χ0n) is 23.6. The molecule has 6 rings (SSSR count). The van der Waals surface area contributed by atoms with Crippen LogP contribution in [0.4, 0.5) is 28.6 Å². The van der Waals surface area contributed by atoms with Gasteiger partial charge in [0, 0.05) is 38.2 Å². The van der Waals surface area contributed by atoms with Crippen molar-refractivity contribution >= 4 is 39.5 Å². The molecule has 0 bridgehead atoms. The number of para-hydroxylation sites is 3. The molecular weight excluding hydrogens is 675 g/mol. The minimum atomic E-state index is -0.181. The quantitative estimate of drug-likeness (QED) is 0.186. The predicted octanol–water partition coefficient (Wildman–Crippen LogP) is 8.82. The molecule has 0 saturated heterocycles. The predicted molar refractivity (Wildman–Crippen MR) is 161 cm³/mol. The largest absolute Gasteiger partial charge is 0.506 e. The maximum Gasteiger partial charge on any atom is 0.140 e. The fourth-order valence-corrected chi connectivity index (χ4v) is 5.32. The van der Waals surface area contributed by atoms with Gasteiger partial charge in [0.1, 0.15) is 17.1 Å². The van der Waals surface area contributed by atoms with Crippen molar-refractivity contribution in [2.24, 2.45) is 0 Å². The van der Waals surface area contributed by atoms with E-state index < -0.39 is 0 Å². The fourth-order valence-electron chi connectivity index (χ4n) is 5.32. The molecule has 3 aromatic carbocycles. The summed E-state index contributed by atoms with van der Waals surface area (Å²) in [4.78, 5) is 14.3. The van der Waals surface area contributed by atoms with Crippen molar-refractivity contribution in [3.05, 3.63) is 96.7 Å². The van der Waals surface area contributed by atoms with E-state index in [-0.39, 0.29) is 37.8 Å². The van der Waals surface area contributed by atoms with Gasteiger partial charge in [-0.3, -0.25) is 4.98 Å². The smallest absolute Gasteiger partial charge is 0.140 e. The Balaban J connectivity index is 0.00000323. The number of hydrogen-bond donors (Lipinski definition) is 1. The molecule has 1 aliphatic rings. The van der Waals surface area contributed by atoms with Crippen molar-refractivity contribution in [2.75, 3.05) is 9.80 Å². The third-order valence-electron chi connectivity index (χ3n) is 7.22. The zero-order valence-corrected chi connectivity index (χ0v) is 25.9. The van der Waals surface area contributed by atoms with Gasteiger partial charge in [0.25, 0.3) is 0 Å². The van der Waals surface area contributed by atoms with E-state index >= 15 is 0 Å². The molecular formula is C34H33N4OPt-. The molecule has 0 radical (unpaired) electrons. The van der Waals surface area contributed by atoms with Gasteiger partial charge in [-0.25, -0.2) is 4.98 Å². The molecule has 1 N–H and O–H groups in total. The van der Waals surface area contributed by atoms with Crippen molar-refractivity contribution < 1.29 is 26.2 Å². The summed E-state index contributed by atoms with van der Waals surface area (Å²) in [5.41, 5.74) is 7.34. The second kappa shape index (κ2) is 10.0. The van der Waals surface area contributed by atoms with Gasteiger partial charge in [-0.2, -0.15) is 0 Å². The molecule has 0 aliphatic carbocycles. The third kappa shape index (κ3) is 4.77. The number of aromatic hydroxyl groups is 1. The number of benzene rings is 3. The van der Waals surface area contributed by atoms with E-state index in [2.05, 4.69) is 106 Å². The first-order chi connectivity index (χ1) is 18.5. The van der Waals surface area contributed by atoms with Crippen molar-refractivity contribution in [1.29, 1.82) is 0 Å². The van der Waals surface area contributed by atoms with Gasteiger partial charge in [-0.1, -0.05) is 57.2 Å². The molecule has 6 heteroatoms. The SMILES string of the molecule is CC(C)(C)c1ccnc(N2c3[c-]c(-c4ccc5cccc(O)c5n4)ccc3N(C(C)(C)C)c3ccccc32)c1.[Pt]. The Labute approximate surface area is 250 Å². The standard InChI is InChI=1S/C34H33N4O.Pt/c1-33(2,3)24-18-19-35-31(21-24)37-26-11-7-8-12-27(26)38(34(4,5)6)28-17-15-23(20-29(28)37)25-16-14-22-10-9-13-30(39)32(22)36-25;/h7-19,21,39H,1-6H3;/q-1;. The summed E-state index contributed by atoms with van der Waals surface area (Å²) in [7, 11) is 0. The Morgan fingerprint density at radius 2 is 1.52 bits per heavy atom. The number of hydrogen-bond acceptors (Lipinski definition) is 5. The summed E-state index contributed by atoms with van der Waals surface area (Å²) in [6.07, 6.45) is 1.89. The molecule has 1 aliphatic heterocycles. The molecule has 206 valence electrons. The van der Waals surface area contributed by atoms with Crippen molar-refractivity contribution in [1.82, 2.24) is 9.97 Å². The Morgan fingerprint density at radius 3 is 2.25 bits per heavy atom. The van der Waals surface area contributed by atoms with Crippen LogP contribution in [-0.4, -0.2) is 20.6 Å². The summed E-state index contributed by atoms with van der Waals surface area (Å²) >= 11 is 0. The third-order valence-corrected chi connectivity index (χ3v) is 7.22. The van der Waals surface area contributed by atoms with E-state index in [0.717, 1.165) is 45.2 Å². The normalized spacial score (nSPS) is 13.1. The van der Waals surface area contributed by atoms with E-state index in [1.54, 1.807) is 6.07 Å². The van der Waals surface area contributed by atoms with Crippen molar-refractivity contribution in [3.63, 3.8) is 0 Å². The van der Waals surface area contributed by atoms with Crippen LogP contribution < -0.4 is 9.80 Å². The van der Waals surface area contributed by atoms with Gasteiger partial charge >= 0.3 is 0 Å². The van der Waals surface area contributed by atoms with E-state index in [0.29, 0.717) is 5.52 Å². The molecule has 0 spiro atoms. The van der Waals surface area contributed by atoms with E-state index in [4.69, 9.17) is 9.97 Å². The first-order valence-electron chi connectivity index (χ1n) is 13.3. The monoisotopic (exact) mass is 708 g/mol. The number of aromatic nitrogens is 2. The molecule has 2 aromatic heterocycles. The van der Waals surface area contributed by atoms with E-state index in [1.807, 2.05) is 30.5 Å². The Bertz CT molecular complexity index is 1720. The maximum absolute atomic E-state index is 10.5. The summed E-state index contributed by atoms with van der Waals surface area (Å²) in [6.45, 7) is 13.3. The molecule has 0 fully saturated rings. The first-order valence-corrected chi connectivity index (χ1v) is 13.3. The average molecular weight is 709 g/mol. The number of anilines is 5. The van der Waals surface area contributed by atoms with Gasteiger partial charge in [-0.05, 0) is 79.2 Å². The van der Waals surface area contributed by atoms with Crippen molar-refractivity contribution in [2.45, 2.75) is 52.5 Å². The second-order valence-electron chi connectivity index (χ2n) is 12.1. The maximum atomic E-state index is 10.5. The zero-order chi connectivity index (χ0) is 27.5. The number of phenolic OH excluding ortho intramolecular Hbond substituents is 1. The molecule has 3 heterocycles. The van der Waals surface area contributed by atoms with Gasteiger partial charge in [0.2, 0.25) is 0 Å². The van der Waals surface area contributed by atoms with Crippen LogP contribution in [0.3, 0.4) is 0 Å². The van der Waals surface area contributed by atoms with Gasteiger partial charge in [0.05, 0.1) is 11.4 Å². The molecule has 0 saturated carbocycles. The summed E-state index contributed by atoms with van der Waals surface area (Å²) in [5, 5.41) is 11.4. The fraction of sp³-hybridized carbons (Fsp3) is 0.235. The van der Waals surface area contributed by atoms with Crippen molar-refractivity contribution in [3.8, 4) is 17.0 Å². The van der Waals surface area contributed by atoms with E-state index in [9.17, 15) is 5.11 Å². The van der Waals surface area contributed by atoms with Crippen LogP contribution in [0.2, 0.25) is 0 Å². The molecule has 40 heavy (non-hydrogen) atoms. The molecule has 0 amide bonds. The Kier molecular flexibility index (Phi) is 7.00. The first kappa shape index (κ1) is 27.9. The van der Waals surface area contributed by atoms with Gasteiger partial charge < -0.3 is 14.9 Å². The topological polar surface area (TPSA) is 52.5 Å².